The van der Waals surface area contributed by atoms with Crippen molar-refractivity contribution >= 4 is 15.7 Å². The maximum absolute atomic E-state index is 13.4. The zero-order valence-corrected chi connectivity index (χ0v) is 16.5. The van der Waals surface area contributed by atoms with Crippen LogP contribution in [0.3, 0.4) is 0 Å². The van der Waals surface area contributed by atoms with Gasteiger partial charge in [-0.15, -0.1) is 0 Å². The van der Waals surface area contributed by atoms with E-state index in [1.165, 1.54) is 18.4 Å². The molecule has 5 nitrogen and oxygen atoms in total. The molecule has 0 radical (unpaired) electrons. The van der Waals surface area contributed by atoms with Crippen LogP contribution < -0.4 is 0 Å². The van der Waals surface area contributed by atoms with E-state index in [4.69, 9.17) is 0 Å². The van der Waals surface area contributed by atoms with Gasteiger partial charge in [-0.25, -0.2) is 8.42 Å². The van der Waals surface area contributed by atoms with Crippen LogP contribution in [0.4, 0.5) is 0 Å². The van der Waals surface area contributed by atoms with E-state index in [2.05, 4.69) is 40.1 Å². The number of piperidine rings is 3. The third-order valence-corrected chi connectivity index (χ3v) is 9.12. The number of likely N-dealkylation sites (tertiary alicyclic amines) is 1. The van der Waals surface area contributed by atoms with Crippen LogP contribution in [0.15, 0.2) is 30.3 Å². The van der Waals surface area contributed by atoms with Gasteiger partial charge in [0.1, 0.15) is 9.84 Å². The molecule has 1 aromatic carbocycles. The molecule has 0 saturated carbocycles. The first-order chi connectivity index (χ1) is 13.0. The molecule has 0 N–H and O–H groups in total. The highest BCUT2D eigenvalue weighted by atomic mass is 32.2. The molecule has 3 atom stereocenters. The Labute approximate surface area is 161 Å². The van der Waals surface area contributed by atoms with Crippen molar-refractivity contribution in [1.82, 2.24) is 9.80 Å². The summed E-state index contributed by atoms with van der Waals surface area (Å²) in [5.74, 6) is 1.42. The number of nitrogens with zero attached hydrogens (tertiary/aromatic N) is 2. The van der Waals surface area contributed by atoms with Gasteiger partial charge in [0.15, 0.2) is 0 Å². The Kier molecular flexibility index (Phi) is 4.32. The molecular formula is C21H28N2O3S. The van der Waals surface area contributed by atoms with E-state index in [9.17, 15) is 13.2 Å². The van der Waals surface area contributed by atoms with Gasteiger partial charge >= 0.3 is 0 Å². The molecule has 6 heteroatoms. The minimum Gasteiger partial charge on any atom is -0.337 e. The number of carbonyl (C=O) groups excluding carboxylic acids is 1. The average Bonchev–Trinajstić information content (AvgIpc) is 3.12. The Bertz CT molecular complexity index is 803. The number of benzene rings is 1. The molecule has 1 aromatic rings. The molecule has 2 bridgehead atoms. The Balaban J connectivity index is 1.43. The van der Waals surface area contributed by atoms with E-state index in [0.717, 1.165) is 19.6 Å². The molecule has 1 amide bonds. The number of rotatable bonds is 2. The van der Waals surface area contributed by atoms with Crippen LogP contribution in [0, 0.1) is 11.8 Å². The maximum Gasteiger partial charge on any atom is 0.226 e. The summed E-state index contributed by atoms with van der Waals surface area (Å²) in [7, 11) is -2.94. The fraction of sp³-hybridized carbons (Fsp3) is 0.667. The summed E-state index contributed by atoms with van der Waals surface area (Å²) in [6.45, 7) is 3.09. The summed E-state index contributed by atoms with van der Waals surface area (Å²) in [6.07, 6.45) is 3.37. The number of hydrogen-bond acceptors (Lipinski definition) is 4. The monoisotopic (exact) mass is 388 g/mol. The lowest BCUT2D eigenvalue weighted by Crippen LogP contribution is -2.61. The molecule has 5 aliphatic rings. The fourth-order valence-electron chi connectivity index (χ4n) is 6.04. The van der Waals surface area contributed by atoms with E-state index < -0.39 is 9.84 Å². The lowest BCUT2D eigenvalue weighted by atomic mass is 9.75. The van der Waals surface area contributed by atoms with Crippen molar-refractivity contribution < 1.29 is 13.2 Å². The van der Waals surface area contributed by atoms with Crippen LogP contribution >= 0.6 is 0 Å². The van der Waals surface area contributed by atoms with E-state index in [1.807, 2.05) is 0 Å². The fourth-order valence-corrected chi connectivity index (χ4v) is 7.53. The largest absolute Gasteiger partial charge is 0.337 e. The molecule has 6 rings (SSSR count). The van der Waals surface area contributed by atoms with Crippen molar-refractivity contribution in [3.05, 3.63) is 35.9 Å². The van der Waals surface area contributed by atoms with Crippen molar-refractivity contribution in [2.45, 2.75) is 43.7 Å². The van der Waals surface area contributed by atoms with E-state index in [1.54, 1.807) is 0 Å². The van der Waals surface area contributed by atoms with Crippen molar-refractivity contribution in [3.63, 3.8) is 0 Å². The van der Waals surface area contributed by atoms with Crippen LogP contribution in [-0.2, 0) is 14.6 Å². The van der Waals surface area contributed by atoms with Gasteiger partial charge in [0.25, 0.3) is 0 Å². The second-order valence-electron chi connectivity index (χ2n) is 8.79. The first-order valence-corrected chi connectivity index (χ1v) is 12.2. The Morgan fingerprint density at radius 1 is 0.926 bits per heavy atom. The number of hydrogen-bond donors (Lipinski definition) is 0. The lowest BCUT2D eigenvalue weighted by Gasteiger charge is -2.51. The summed E-state index contributed by atoms with van der Waals surface area (Å²) in [5.41, 5.74) is 1.33. The zero-order valence-electron chi connectivity index (χ0n) is 15.7. The molecular weight excluding hydrogens is 360 g/mol. The standard InChI is InChI=1S/C21H28N2O3S/c24-21(17-8-12-27(25,26)13-9-17)23-14-18(15-4-2-1-3-5-15)20-19(23)16-6-10-22(20)11-7-16/h1-5,16-20H,6-14H2/t18-,19+,20+/m1/s1. The van der Waals surface area contributed by atoms with Crippen LogP contribution in [0.25, 0.3) is 0 Å². The molecule has 5 heterocycles. The summed E-state index contributed by atoms with van der Waals surface area (Å²) < 4.78 is 23.6. The first-order valence-electron chi connectivity index (χ1n) is 10.3. The maximum atomic E-state index is 13.4. The number of carbonyl (C=O) groups is 1. The minimum absolute atomic E-state index is 0.112. The molecule has 0 aromatic heterocycles. The summed E-state index contributed by atoms with van der Waals surface area (Å²) in [4.78, 5) is 18.2. The van der Waals surface area contributed by atoms with Crippen LogP contribution in [0.2, 0.25) is 0 Å². The molecule has 0 spiro atoms. The average molecular weight is 389 g/mol. The van der Waals surface area contributed by atoms with Crippen molar-refractivity contribution in [2.24, 2.45) is 11.8 Å². The van der Waals surface area contributed by atoms with Crippen LogP contribution in [-0.4, -0.2) is 67.3 Å². The van der Waals surface area contributed by atoms with Gasteiger partial charge in [0, 0.05) is 24.4 Å². The Hall–Kier alpha value is -1.40. The van der Waals surface area contributed by atoms with Gasteiger partial charge in [-0.1, -0.05) is 30.3 Å². The zero-order chi connectivity index (χ0) is 18.6. The van der Waals surface area contributed by atoms with Gasteiger partial charge in [-0.2, -0.15) is 0 Å². The number of sulfone groups is 1. The molecule has 5 aliphatic heterocycles. The number of fused-ring (bicyclic) bond motifs is 2. The van der Waals surface area contributed by atoms with Gasteiger partial charge in [0.05, 0.1) is 17.5 Å². The SMILES string of the molecule is O=C(C1CCS(=O)(=O)CC1)N1C[C@H](c2ccccc2)[C@H]2[C@@H]1C1CCN2CC1. The third-order valence-electron chi connectivity index (χ3n) is 7.41. The van der Waals surface area contributed by atoms with Gasteiger partial charge in [-0.3, -0.25) is 9.69 Å². The Morgan fingerprint density at radius 2 is 1.59 bits per heavy atom. The Morgan fingerprint density at radius 3 is 2.26 bits per heavy atom. The molecule has 5 saturated heterocycles. The molecule has 5 fully saturated rings. The topological polar surface area (TPSA) is 57.7 Å². The van der Waals surface area contributed by atoms with Crippen molar-refractivity contribution in [1.29, 1.82) is 0 Å². The normalized spacial score (nSPS) is 37.9. The summed E-state index contributed by atoms with van der Waals surface area (Å²) in [6, 6.07) is 11.4. The quantitative estimate of drug-likeness (QED) is 0.777. The first kappa shape index (κ1) is 17.7. The highest BCUT2D eigenvalue weighted by Gasteiger charge is 2.55. The predicted octanol–water partition coefficient (Wildman–Crippen LogP) is 1.90. The van der Waals surface area contributed by atoms with Gasteiger partial charge in [-0.05, 0) is 50.3 Å². The van der Waals surface area contributed by atoms with Crippen molar-refractivity contribution in [3.8, 4) is 0 Å². The summed E-state index contributed by atoms with van der Waals surface area (Å²) >= 11 is 0. The minimum atomic E-state index is -2.94. The third kappa shape index (κ3) is 3.01. The van der Waals surface area contributed by atoms with Gasteiger partial charge in [0.2, 0.25) is 5.91 Å². The molecule has 146 valence electrons. The molecule has 0 unspecified atom stereocenters. The van der Waals surface area contributed by atoms with Crippen LogP contribution in [0.5, 0.6) is 0 Å². The molecule has 0 aliphatic carbocycles. The van der Waals surface area contributed by atoms with Crippen LogP contribution in [0.1, 0.15) is 37.2 Å². The smallest absolute Gasteiger partial charge is 0.226 e. The highest BCUT2D eigenvalue weighted by Crippen LogP contribution is 2.47. The van der Waals surface area contributed by atoms with E-state index in [0.29, 0.717) is 36.8 Å². The second kappa shape index (κ2) is 6.59. The molecule has 27 heavy (non-hydrogen) atoms. The lowest BCUT2D eigenvalue weighted by molar-refractivity contribution is -0.140. The number of amides is 1. The van der Waals surface area contributed by atoms with Crippen molar-refractivity contribution in [2.75, 3.05) is 31.1 Å². The van der Waals surface area contributed by atoms with E-state index >= 15 is 0 Å². The van der Waals surface area contributed by atoms with Gasteiger partial charge < -0.3 is 4.90 Å². The van der Waals surface area contributed by atoms with E-state index in [-0.39, 0.29) is 23.3 Å². The summed E-state index contributed by atoms with van der Waals surface area (Å²) in [5, 5.41) is 0. The second-order valence-corrected chi connectivity index (χ2v) is 11.1. The highest BCUT2D eigenvalue weighted by molar-refractivity contribution is 7.91. The predicted molar refractivity (Wildman–Crippen MR) is 104 cm³/mol.